The highest BCUT2D eigenvalue weighted by Crippen LogP contribution is 2.25. The minimum atomic E-state index is -3.89. The van der Waals surface area contributed by atoms with Crippen LogP contribution in [0.2, 0.25) is 0 Å². The van der Waals surface area contributed by atoms with Gasteiger partial charge in [-0.3, -0.25) is 9.52 Å². The Morgan fingerprint density at radius 3 is 2.46 bits per heavy atom. The molecule has 4 N–H and O–H groups in total. The maximum Gasteiger partial charge on any atom is 0.296 e. The summed E-state index contributed by atoms with van der Waals surface area (Å²) in [6, 6.07) is 11.4. The summed E-state index contributed by atoms with van der Waals surface area (Å²) in [6.07, 6.45) is 2.92. The topological polar surface area (TPSA) is 120 Å². The molecular formula is C17H19N3O5S. The third-order valence-electron chi connectivity index (χ3n) is 3.24. The van der Waals surface area contributed by atoms with E-state index < -0.39 is 16.1 Å². The van der Waals surface area contributed by atoms with Crippen molar-refractivity contribution in [3.8, 4) is 11.5 Å². The van der Waals surface area contributed by atoms with Gasteiger partial charge in [-0.1, -0.05) is 6.07 Å². The van der Waals surface area contributed by atoms with Crippen LogP contribution >= 0.6 is 0 Å². The molecule has 0 radical (unpaired) electrons. The maximum atomic E-state index is 12.1. The number of nitrogens with two attached hydrogens (primary N) is 1. The van der Waals surface area contributed by atoms with Crippen LogP contribution < -0.4 is 24.7 Å². The van der Waals surface area contributed by atoms with E-state index in [1.807, 2.05) is 0 Å². The second-order valence-corrected chi connectivity index (χ2v) is 6.45. The number of hydrogen-bond acceptors (Lipinski definition) is 5. The number of amides is 1. The first-order chi connectivity index (χ1) is 12.3. The molecule has 0 aromatic heterocycles. The van der Waals surface area contributed by atoms with Crippen molar-refractivity contribution < 1.29 is 22.7 Å². The zero-order chi connectivity index (χ0) is 19.2. The zero-order valence-corrected chi connectivity index (χ0v) is 15.0. The molecule has 0 aliphatic rings. The van der Waals surface area contributed by atoms with Gasteiger partial charge in [0, 0.05) is 17.3 Å². The molecule has 8 nitrogen and oxygen atoms in total. The van der Waals surface area contributed by atoms with Gasteiger partial charge in [-0.2, -0.15) is 8.42 Å². The molecule has 0 saturated heterocycles. The number of ether oxygens (including phenoxy) is 2. The predicted molar refractivity (Wildman–Crippen MR) is 100 cm³/mol. The number of benzene rings is 2. The van der Waals surface area contributed by atoms with Crippen LogP contribution in [0.3, 0.4) is 0 Å². The van der Waals surface area contributed by atoms with Gasteiger partial charge in [0.25, 0.3) is 10.2 Å². The van der Waals surface area contributed by atoms with Gasteiger partial charge >= 0.3 is 0 Å². The molecule has 0 bridgehead atoms. The molecule has 138 valence electrons. The van der Waals surface area contributed by atoms with Crippen molar-refractivity contribution in [3.63, 3.8) is 0 Å². The number of nitrogens with one attached hydrogen (secondary N) is 2. The first-order valence-corrected chi connectivity index (χ1v) is 8.97. The van der Waals surface area contributed by atoms with E-state index in [1.165, 1.54) is 25.3 Å². The van der Waals surface area contributed by atoms with E-state index >= 15 is 0 Å². The van der Waals surface area contributed by atoms with Crippen molar-refractivity contribution in [3.05, 3.63) is 54.1 Å². The SMILES string of the molecule is COc1ccc(OC)c(/C=C/C(=O)Nc2cccc(NS(N)(=O)=O)c2)c1. The van der Waals surface area contributed by atoms with Crippen molar-refractivity contribution in [1.29, 1.82) is 0 Å². The summed E-state index contributed by atoms with van der Waals surface area (Å²) in [4.78, 5) is 12.1. The normalized spacial score (nSPS) is 11.2. The molecule has 1 amide bonds. The lowest BCUT2D eigenvalue weighted by molar-refractivity contribution is -0.111. The van der Waals surface area contributed by atoms with Crippen LogP contribution in [-0.4, -0.2) is 28.5 Å². The molecule has 26 heavy (non-hydrogen) atoms. The highest BCUT2D eigenvalue weighted by atomic mass is 32.2. The Labute approximate surface area is 151 Å². The van der Waals surface area contributed by atoms with Gasteiger partial charge in [-0.05, 0) is 42.5 Å². The number of rotatable bonds is 7. The van der Waals surface area contributed by atoms with E-state index in [9.17, 15) is 13.2 Å². The van der Waals surface area contributed by atoms with Gasteiger partial charge in [-0.25, -0.2) is 5.14 Å². The molecule has 0 saturated carbocycles. The molecule has 0 spiro atoms. The second kappa shape index (κ2) is 8.37. The number of methoxy groups -OCH3 is 2. The van der Waals surface area contributed by atoms with Crippen molar-refractivity contribution in [2.75, 3.05) is 24.3 Å². The average molecular weight is 377 g/mol. The molecule has 0 aliphatic carbocycles. The first-order valence-electron chi connectivity index (χ1n) is 7.42. The maximum absolute atomic E-state index is 12.1. The molecule has 0 aliphatic heterocycles. The highest BCUT2D eigenvalue weighted by molar-refractivity contribution is 7.90. The lowest BCUT2D eigenvalue weighted by atomic mass is 10.1. The Morgan fingerprint density at radius 2 is 1.81 bits per heavy atom. The molecule has 0 fully saturated rings. The number of carbonyl (C=O) groups is 1. The van der Waals surface area contributed by atoms with E-state index in [0.717, 1.165) is 0 Å². The van der Waals surface area contributed by atoms with E-state index in [4.69, 9.17) is 14.6 Å². The summed E-state index contributed by atoms with van der Waals surface area (Å²) >= 11 is 0. The van der Waals surface area contributed by atoms with E-state index in [0.29, 0.717) is 22.7 Å². The van der Waals surface area contributed by atoms with Crippen LogP contribution in [0.25, 0.3) is 6.08 Å². The monoisotopic (exact) mass is 377 g/mol. The lowest BCUT2D eigenvalue weighted by Crippen LogP contribution is -2.21. The Kier molecular flexibility index (Phi) is 6.21. The van der Waals surface area contributed by atoms with Gasteiger partial charge in [0.05, 0.1) is 19.9 Å². The number of anilines is 2. The minimum Gasteiger partial charge on any atom is -0.497 e. The Hall–Kier alpha value is -3.04. The summed E-state index contributed by atoms with van der Waals surface area (Å²) in [5.74, 6) is 0.824. The lowest BCUT2D eigenvalue weighted by Gasteiger charge is -2.08. The smallest absolute Gasteiger partial charge is 0.296 e. The van der Waals surface area contributed by atoms with Gasteiger partial charge in [0.15, 0.2) is 0 Å². The van der Waals surface area contributed by atoms with E-state index in [2.05, 4.69) is 10.0 Å². The summed E-state index contributed by atoms with van der Waals surface area (Å²) in [6.45, 7) is 0. The largest absolute Gasteiger partial charge is 0.497 e. The van der Waals surface area contributed by atoms with Gasteiger partial charge in [-0.15, -0.1) is 0 Å². The summed E-state index contributed by atoms with van der Waals surface area (Å²) in [7, 11) is -0.808. The molecule has 0 heterocycles. The Morgan fingerprint density at radius 1 is 1.08 bits per heavy atom. The number of carbonyl (C=O) groups excluding carboxylic acids is 1. The standard InChI is InChI=1S/C17H19N3O5S/c1-24-15-7-8-16(25-2)12(10-15)6-9-17(21)19-13-4-3-5-14(11-13)20-26(18,22)23/h3-11,20H,1-2H3,(H,19,21)(H2,18,22,23)/b9-6+. The molecule has 2 aromatic carbocycles. The fourth-order valence-corrected chi connectivity index (χ4v) is 2.60. The van der Waals surface area contributed by atoms with Gasteiger partial charge in [0.2, 0.25) is 5.91 Å². The van der Waals surface area contributed by atoms with Crippen LogP contribution in [0.1, 0.15) is 5.56 Å². The summed E-state index contributed by atoms with van der Waals surface area (Å²) in [5.41, 5.74) is 1.32. The molecule has 0 unspecified atom stereocenters. The number of hydrogen-bond donors (Lipinski definition) is 3. The third kappa shape index (κ3) is 5.80. The minimum absolute atomic E-state index is 0.240. The van der Waals surface area contributed by atoms with E-state index in [1.54, 1.807) is 43.5 Å². The highest BCUT2D eigenvalue weighted by Gasteiger charge is 2.05. The zero-order valence-electron chi connectivity index (χ0n) is 14.2. The fourth-order valence-electron chi connectivity index (χ4n) is 2.14. The molecule has 2 rings (SSSR count). The average Bonchev–Trinajstić information content (AvgIpc) is 2.58. The third-order valence-corrected chi connectivity index (χ3v) is 3.76. The predicted octanol–water partition coefficient (Wildman–Crippen LogP) is 1.97. The van der Waals surface area contributed by atoms with Crippen LogP contribution in [0.5, 0.6) is 11.5 Å². The quantitative estimate of drug-likeness (QED) is 0.637. The molecule has 2 aromatic rings. The summed E-state index contributed by atoms with van der Waals surface area (Å²) < 4.78 is 34.6. The van der Waals surface area contributed by atoms with Crippen molar-refractivity contribution in [2.24, 2.45) is 5.14 Å². The van der Waals surface area contributed by atoms with Gasteiger partial charge < -0.3 is 14.8 Å². The second-order valence-electron chi connectivity index (χ2n) is 5.16. The van der Waals surface area contributed by atoms with Crippen molar-refractivity contribution >= 4 is 33.6 Å². The molecule has 9 heteroatoms. The van der Waals surface area contributed by atoms with Crippen molar-refractivity contribution in [1.82, 2.24) is 0 Å². The van der Waals surface area contributed by atoms with Crippen LogP contribution in [0.4, 0.5) is 11.4 Å². The van der Waals surface area contributed by atoms with E-state index in [-0.39, 0.29) is 5.69 Å². The van der Waals surface area contributed by atoms with Crippen LogP contribution in [0, 0.1) is 0 Å². The van der Waals surface area contributed by atoms with Crippen molar-refractivity contribution in [2.45, 2.75) is 0 Å². The molecule has 0 atom stereocenters. The Bertz CT molecular complexity index is 926. The Balaban J connectivity index is 2.12. The van der Waals surface area contributed by atoms with Crippen LogP contribution in [-0.2, 0) is 15.0 Å². The molecular weight excluding hydrogens is 358 g/mol. The fraction of sp³-hybridized carbons (Fsp3) is 0.118. The van der Waals surface area contributed by atoms with Gasteiger partial charge in [0.1, 0.15) is 11.5 Å². The first kappa shape index (κ1) is 19.3. The summed E-state index contributed by atoms with van der Waals surface area (Å²) in [5, 5.41) is 7.55. The van der Waals surface area contributed by atoms with Crippen LogP contribution in [0.15, 0.2) is 48.5 Å².